The largest absolute Gasteiger partial charge is 0.365 e. The molecule has 5 nitrogen and oxygen atoms in total. The minimum Gasteiger partial charge on any atom is -0.365 e. The maximum Gasteiger partial charge on any atom is 0.274 e. The molecular weight excluding hydrogens is 432 g/mol. The van der Waals surface area contributed by atoms with Gasteiger partial charge in [-0.15, -0.1) is 0 Å². The first-order valence-electron chi connectivity index (χ1n) is 12.0. The van der Waals surface area contributed by atoms with Crippen LogP contribution < -0.4 is 4.90 Å². The van der Waals surface area contributed by atoms with Crippen molar-refractivity contribution >= 4 is 23.2 Å². The molecule has 33 heavy (non-hydrogen) atoms. The molecule has 1 saturated heterocycles. The number of piperazine rings is 1. The van der Waals surface area contributed by atoms with E-state index in [1.807, 2.05) is 29.2 Å². The van der Waals surface area contributed by atoms with Crippen molar-refractivity contribution in [1.29, 1.82) is 0 Å². The van der Waals surface area contributed by atoms with Crippen LogP contribution in [0.5, 0.6) is 0 Å². The highest BCUT2D eigenvalue weighted by molar-refractivity contribution is 6.30. The molecule has 3 heterocycles. The Morgan fingerprint density at radius 2 is 1.85 bits per heavy atom. The maximum absolute atomic E-state index is 13.7. The number of nitrogens with zero attached hydrogens (tertiary/aromatic N) is 4. The number of carbonyl (C=O) groups is 1. The van der Waals surface area contributed by atoms with E-state index in [0.29, 0.717) is 23.8 Å². The molecule has 0 aliphatic carbocycles. The first kappa shape index (κ1) is 22.0. The number of hydrogen-bond donors (Lipinski definition) is 0. The van der Waals surface area contributed by atoms with Crippen LogP contribution in [0.1, 0.15) is 47.9 Å². The van der Waals surface area contributed by atoms with Crippen LogP contribution in [-0.2, 0) is 13.0 Å². The van der Waals surface area contributed by atoms with Crippen molar-refractivity contribution in [3.8, 4) is 11.4 Å². The van der Waals surface area contributed by atoms with Gasteiger partial charge in [-0.3, -0.25) is 4.79 Å². The van der Waals surface area contributed by atoms with E-state index < -0.39 is 0 Å². The molecule has 0 bridgehead atoms. The number of amides is 1. The Balaban J connectivity index is 1.42. The molecule has 1 atom stereocenters. The standard InChI is InChI=1S/C27H31ClN4O/c1-19-7-6-8-23(17-19)31-16-15-30(18-20(31)2)27(33)25-24-9-4-3-5-14-32(24)26(29-25)21-10-12-22(28)13-11-21/h6-8,10-13,17,20H,3-5,9,14-16,18H2,1-2H3. The van der Waals surface area contributed by atoms with Crippen molar-refractivity contribution in [2.75, 3.05) is 24.5 Å². The second-order valence-electron chi connectivity index (χ2n) is 9.33. The summed E-state index contributed by atoms with van der Waals surface area (Å²) in [5, 5.41) is 0.707. The highest BCUT2D eigenvalue weighted by Gasteiger charge is 2.32. The van der Waals surface area contributed by atoms with Crippen molar-refractivity contribution < 1.29 is 4.79 Å². The monoisotopic (exact) mass is 462 g/mol. The molecular formula is C27H31ClN4O. The van der Waals surface area contributed by atoms with E-state index in [2.05, 4.69) is 47.6 Å². The SMILES string of the molecule is Cc1cccc(N2CCN(C(=O)c3nc(-c4ccc(Cl)cc4)n4c3CCCCC4)CC2C)c1. The molecule has 0 spiro atoms. The van der Waals surface area contributed by atoms with Crippen molar-refractivity contribution in [2.45, 2.75) is 52.1 Å². The van der Waals surface area contributed by atoms with Crippen LogP contribution in [-0.4, -0.2) is 46.0 Å². The second kappa shape index (κ2) is 9.22. The summed E-state index contributed by atoms with van der Waals surface area (Å²) < 4.78 is 2.27. The van der Waals surface area contributed by atoms with E-state index >= 15 is 0 Å². The van der Waals surface area contributed by atoms with Crippen LogP contribution in [0.3, 0.4) is 0 Å². The van der Waals surface area contributed by atoms with Gasteiger partial charge in [0.25, 0.3) is 5.91 Å². The number of aryl methyl sites for hydroxylation is 1. The minimum absolute atomic E-state index is 0.0663. The van der Waals surface area contributed by atoms with Gasteiger partial charge < -0.3 is 14.4 Å². The summed E-state index contributed by atoms with van der Waals surface area (Å²) in [6, 6.07) is 16.6. The molecule has 1 amide bonds. The summed E-state index contributed by atoms with van der Waals surface area (Å²) in [5.74, 6) is 0.954. The Hall–Kier alpha value is -2.79. The topological polar surface area (TPSA) is 41.4 Å². The first-order valence-corrected chi connectivity index (χ1v) is 12.4. The number of aromatic nitrogens is 2. The number of rotatable bonds is 3. The van der Waals surface area contributed by atoms with Crippen LogP contribution in [0.15, 0.2) is 48.5 Å². The van der Waals surface area contributed by atoms with Crippen LogP contribution in [0.2, 0.25) is 5.02 Å². The molecule has 2 aromatic carbocycles. The number of benzene rings is 2. The third-order valence-electron chi connectivity index (χ3n) is 6.92. The lowest BCUT2D eigenvalue weighted by molar-refractivity contribution is 0.0719. The van der Waals surface area contributed by atoms with E-state index in [9.17, 15) is 4.79 Å². The number of carbonyl (C=O) groups excluding carboxylic acids is 1. The number of anilines is 1. The van der Waals surface area contributed by atoms with E-state index in [-0.39, 0.29) is 11.9 Å². The summed E-state index contributed by atoms with van der Waals surface area (Å²) in [4.78, 5) is 23.1. The third kappa shape index (κ3) is 4.39. The number of hydrogen-bond acceptors (Lipinski definition) is 3. The third-order valence-corrected chi connectivity index (χ3v) is 7.17. The predicted octanol–water partition coefficient (Wildman–Crippen LogP) is 5.59. The molecule has 2 aliphatic rings. The van der Waals surface area contributed by atoms with Crippen LogP contribution in [0, 0.1) is 6.92 Å². The second-order valence-corrected chi connectivity index (χ2v) is 9.77. The first-order chi connectivity index (χ1) is 16.0. The average Bonchev–Trinajstić information content (AvgIpc) is 2.99. The van der Waals surface area contributed by atoms with Gasteiger partial charge in [-0.05, 0) is 75.1 Å². The summed E-state index contributed by atoms with van der Waals surface area (Å²) >= 11 is 6.11. The maximum atomic E-state index is 13.7. The van der Waals surface area contributed by atoms with E-state index in [4.69, 9.17) is 16.6 Å². The van der Waals surface area contributed by atoms with E-state index in [1.54, 1.807) is 0 Å². The molecule has 1 unspecified atom stereocenters. The van der Waals surface area contributed by atoms with Crippen LogP contribution in [0.4, 0.5) is 5.69 Å². The Labute approximate surface area is 201 Å². The summed E-state index contributed by atoms with van der Waals surface area (Å²) in [7, 11) is 0. The highest BCUT2D eigenvalue weighted by atomic mass is 35.5. The van der Waals surface area contributed by atoms with Gasteiger partial charge in [0.15, 0.2) is 0 Å². The summed E-state index contributed by atoms with van der Waals surface area (Å²) in [6.45, 7) is 7.47. The van der Waals surface area contributed by atoms with Crippen LogP contribution in [0.25, 0.3) is 11.4 Å². The van der Waals surface area contributed by atoms with Gasteiger partial charge in [0.05, 0.1) is 5.69 Å². The molecule has 0 N–H and O–H groups in total. The number of fused-ring (bicyclic) bond motifs is 1. The Bertz CT molecular complexity index is 1150. The zero-order chi connectivity index (χ0) is 22.9. The number of imidazole rings is 1. The zero-order valence-corrected chi connectivity index (χ0v) is 20.2. The summed E-state index contributed by atoms with van der Waals surface area (Å²) in [5.41, 5.74) is 5.23. The fraction of sp³-hybridized carbons (Fsp3) is 0.407. The molecule has 3 aromatic rings. The van der Waals surface area contributed by atoms with Crippen LogP contribution >= 0.6 is 11.6 Å². The Morgan fingerprint density at radius 1 is 1.03 bits per heavy atom. The smallest absolute Gasteiger partial charge is 0.274 e. The quantitative estimate of drug-likeness (QED) is 0.509. The molecule has 2 aliphatic heterocycles. The normalized spacial score (nSPS) is 18.7. The molecule has 172 valence electrons. The van der Waals surface area contributed by atoms with Gasteiger partial charge in [-0.1, -0.05) is 30.2 Å². The van der Waals surface area contributed by atoms with Gasteiger partial charge >= 0.3 is 0 Å². The number of halogens is 1. The van der Waals surface area contributed by atoms with Crippen molar-refractivity contribution in [3.05, 3.63) is 70.5 Å². The minimum atomic E-state index is 0.0663. The lowest BCUT2D eigenvalue weighted by Crippen LogP contribution is -2.54. The van der Waals surface area contributed by atoms with Gasteiger partial charge in [0.1, 0.15) is 11.5 Å². The molecule has 6 heteroatoms. The van der Waals surface area contributed by atoms with Gasteiger partial charge in [-0.2, -0.15) is 0 Å². The molecule has 0 radical (unpaired) electrons. The van der Waals surface area contributed by atoms with Gasteiger partial charge in [0.2, 0.25) is 0 Å². The lowest BCUT2D eigenvalue weighted by atomic mass is 10.1. The summed E-state index contributed by atoms with van der Waals surface area (Å²) in [6.07, 6.45) is 4.30. The molecule has 1 aromatic heterocycles. The molecule has 0 saturated carbocycles. The highest BCUT2D eigenvalue weighted by Crippen LogP contribution is 2.30. The van der Waals surface area contributed by atoms with Crippen molar-refractivity contribution in [1.82, 2.24) is 14.5 Å². The zero-order valence-electron chi connectivity index (χ0n) is 19.4. The molecule has 1 fully saturated rings. The molecule has 5 rings (SSSR count). The fourth-order valence-electron chi connectivity index (χ4n) is 5.19. The van der Waals surface area contributed by atoms with Gasteiger partial charge in [0, 0.05) is 48.5 Å². The Kier molecular flexibility index (Phi) is 6.15. The van der Waals surface area contributed by atoms with Crippen molar-refractivity contribution in [2.24, 2.45) is 0 Å². The average molecular weight is 463 g/mol. The fourth-order valence-corrected chi connectivity index (χ4v) is 5.32. The van der Waals surface area contributed by atoms with E-state index in [1.165, 1.54) is 17.7 Å². The van der Waals surface area contributed by atoms with E-state index in [0.717, 1.165) is 49.4 Å². The lowest BCUT2D eigenvalue weighted by Gasteiger charge is -2.41. The Morgan fingerprint density at radius 3 is 2.61 bits per heavy atom. The van der Waals surface area contributed by atoms with Gasteiger partial charge in [-0.25, -0.2) is 4.98 Å². The van der Waals surface area contributed by atoms with Crippen molar-refractivity contribution in [3.63, 3.8) is 0 Å². The predicted molar refractivity (Wildman–Crippen MR) is 134 cm³/mol.